The average molecular weight is 357 g/mol. The van der Waals surface area contributed by atoms with Crippen LogP contribution in [0.15, 0.2) is 18.3 Å². The number of nitrogens with two attached hydrogens (primary N) is 1. The Kier molecular flexibility index (Phi) is 4.87. The van der Waals surface area contributed by atoms with Crippen LogP contribution in [0.5, 0.6) is 0 Å². The third kappa shape index (κ3) is 3.29. The fourth-order valence-electron chi connectivity index (χ4n) is 2.89. The zero-order valence-corrected chi connectivity index (χ0v) is 15.8. The summed E-state index contributed by atoms with van der Waals surface area (Å²) in [5.74, 6) is -0.146. The molecule has 0 saturated carbocycles. The summed E-state index contributed by atoms with van der Waals surface area (Å²) in [5.41, 5.74) is 8.69. The molecule has 3 rings (SSSR count). The molecule has 25 heavy (non-hydrogen) atoms. The molecule has 0 unspecified atom stereocenters. The molecule has 0 spiro atoms. The number of aryl methyl sites for hydroxylation is 2. The lowest BCUT2D eigenvalue weighted by Crippen LogP contribution is -2.29. The molecule has 0 saturated heterocycles. The van der Waals surface area contributed by atoms with Gasteiger partial charge in [0, 0.05) is 34.4 Å². The standard InChI is InChI=1S/C18H23N5OS/c1-10(2)23-17-15(9-21-23)14(18(24)20-6-5-19)8-16(22-17)13-7-11(3)25-12(13)4/h7-10H,5-6,19H2,1-4H3,(H,20,24). The van der Waals surface area contributed by atoms with E-state index in [0.29, 0.717) is 18.7 Å². The molecule has 6 nitrogen and oxygen atoms in total. The molecule has 3 N–H and O–H groups in total. The van der Waals surface area contributed by atoms with Gasteiger partial charge in [-0.15, -0.1) is 11.3 Å². The van der Waals surface area contributed by atoms with E-state index in [4.69, 9.17) is 10.7 Å². The highest BCUT2D eigenvalue weighted by Crippen LogP contribution is 2.32. The van der Waals surface area contributed by atoms with Gasteiger partial charge in [0.1, 0.15) is 0 Å². The Bertz CT molecular complexity index is 925. The summed E-state index contributed by atoms with van der Waals surface area (Å²) in [5, 5.41) is 8.04. The predicted octanol–water partition coefficient (Wildman–Crippen LogP) is 3.05. The Morgan fingerprint density at radius 2 is 2.12 bits per heavy atom. The van der Waals surface area contributed by atoms with Crippen LogP contribution >= 0.6 is 11.3 Å². The van der Waals surface area contributed by atoms with Crippen molar-refractivity contribution >= 4 is 28.3 Å². The quantitative estimate of drug-likeness (QED) is 0.735. The van der Waals surface area contributed by atoms with Crippen LogP contribution in [0.3, 0.4) is 0 Å². The third-order valence-corrected chi connectivity index (χ3v) is 5.01. The molecule has 3 aromatic heterocycles. The van der Waals surface area contributed by atoms with Crippen LogP contribution in [0.2, 0.25) is 0 Å². The summed E-state index contributed by atoms with van der Waals surface area (Å²) >= 11 is 1.73. The minimum atomic E-state index is -0.146. The van der Waals surface area contributed by atoms with E-state index in [1.54, 1.807) is 17.5 Å². The van der Waals surface area contributed by atoms with Crippen LogP contribution in [0, 0.1) is 13.8 Å². The van der Waals surface area contributed by atoms with Crippen LogP contribution in [0.1, 0.15) is 40.0 Å². The van der Waals surface area contributed by atoms with Crippen molar-refractivity contribution in [1.82, 2.24) is 20.1 Å². The zero-order valence-electron chi connectivity index (χ0n) is 15.0. The van der Waals surface area contributed by atoms with Gasteiger partial charge in [-0.2, -0.15) is 5.10 Å². The zero-order chi connectivity index (χ0) is 18.1. The van der Waals surface area contributed by atoms with Gasteiger partial charge in [0.05, 0.1) is 22.8 Å². The third-order valence-electron chi connectivity index (χ3n) is 4.05. The summed E-state index contributed by atoms with van der Waals surface area (Å²) in [7, 11) is 0. The average Bonchev–Trinajstić information content (AvgIpc) is 3.14. The molecule has 0 aliphatic heterocycles. The number of fused-ring (bicyclic) bond motifs is 1. The molecule has 7 heteroatoms. The van der Waals surface area contributed by atoms with Gasteiger partial charge in [-0.1, -0.05) is 0 Å². The first-order chi connectivity index (χ1) is 11.9. The Hall–Kier alpha value is -2.25. The van der Waals surface area contributed by atoms with Crippen molar-refractivity contribution in [3.63, 3.8) is 0 Å². The number of pyridine rings is 1. The van der Waals surface area contributed by atoms with Crippen molar-refractivity contribution in [3.8, 4) is 11.3 Å². The Morgan fingerprint density at radius 3 is 2.72 bits per heavy atom. The van der Waals surface area contributed by atoms with Gasteiger partial charge in [0.2, 0.25) is 0 Å². The van der Waals surface area contributed by atoms with E-state index in [2.05, 4.69) is 44.2 Å². The van der Waals surface area contributed by atoms with Crippen LogP contribution in [0.4, 0.5) is 0 Å². The van der Waals surface area contributed by atoms with Gasteiger partial charge in [-0.05, 0) is 39.8 Å². The molecule has 132 valence electrons. The van der Waals surface area contributed by atoms with E-state index in [1.165, 1.54) is 9.75 Å². The molecule has 0 fully saturated rings. The number of rotatable bonds is 5. The highest BCUT2D eigenvalue weighted by atomic mass is 32.1. The second kappa shape index (κ2) is 6.93. The topological polar surface area (TPSA) is 85.8 Å². The van der Waals surface area contributed by atoms with E-state index >= 15 is 0 Å². The summed E-state index contributed by atoms with van der Waals surface area (Å²) in [6, 6.07) is 4.13. The lowest BCUT2D eigenvalue weighted by Gasteiger charge is -2.10. The molecule has 0 radical (unpaired) electrons. The van der Waals surface area contributed by atoms with E-state index < -0.39 is 0 Å². The Morgan fingerprint density at radius 1 is 1.36 bits per heavy atom. The van der Waals surface area contributed by atoms with E-state index in [1.807, 2.05) is 10.7 Å². The summed E-state index contributed by atoms with van der Waals surface area (Å²) in [4.78, 5) is 19.9. The molecule has 0 atom stereocenters. The van der Waals surface area contributed by atoms with Crippen LogP contribution in [0.25, 0.3) is 22.3 Å². The van der Waals surface area contributed by atoms with E-state index in [9.17, 15) is 4.79 Å². The van der Waals surface area contributed by atoms with Crippen molar-refractivity contribution in [2.24, 2.45) is 5.73 Å². The molecule has 0 bridgehead atoms. The number of carbonyl (C=O) groups is 1. The van der Waals surface area contributed by atoms with E-state index in [0.717, 1.165) is 22.3 Å². The van der Waals surface area contributed by atoms with Gasteiger partial charge in [-0.25, -0.2) is 9.67 Å². The lowest BCUT2D eigenvalue weighted by atomic mass is 10.1. The maximum absolute atomic E-state index is 12.6. The highest BCUT2D eigenvalue weighted by molar-refractivity contribution is 7.12. The molecular weight excluding hydrogens is 334 g/mol. The first-order valence-electron chi connectivity index (χ1n) is 8.36. The number of nitrogens with one attached hydrogen (secondary N) is 1. The molecule has 3 aromatic rings. The van der Waals surface area contributed by atoms with Crippen LogP contribution in [-0.4, -0.2) is 33.8 Å². The van der Waals surface area contributed by atoms with Gasteiger partial charge < -0.3 is 11.1 Å². The molecule has 1 amide bonds. The minimum Gasteiger partial charge on any atom is -0.351 e. The first-order valence-corrected chi connectivity index (χ1v) is 9.18. The van der Waals surface area contributed by atoms with Crippen LogP contribution < -0.4 is 11.1 Å². The minimum absolute atomic E-state index is 0.146. The number of hydrogen-bond donors (Lipinski definition) is 2. The molecular formula is C18H23N5OS. The largest absolute Gasteiger partial charge is 0.351 e. The molecule has 0 aliphatic rings. The van der Waals surface area contributed by atoms with Gasteiger partial charge in [-0.3, -0.25) is 4.79 Å². The monoisotopic (exact) mass is 357 g/mol. The van der Waals surface area contributed by atoms with Crippen molar-refractivity contribution in [1.29, 1.82) is 0 Å². The van der Waals surface area contributed by atoms with E-state index in [-0.39, 0.29) is 11.9 Å². The first kappa shape index (κ1) is 17.6. The Labute approximate surface area is 151 Å². The maximum Gasteiger partial charge on any atom is 0.252 e. The summed E-state index contributed by atoms with van der Waals surface area (Å²) < 4.78 is 1.85. The normalized spacial score (nSPS) is 11.4. The second-order valence-electron chi connectivity index (χ2n) is 6.35. The summed E-state index contributed by atoms with van der Waals surface area (Å²) in [6.07, 6.45) is 1.72. The number of thiophene rings is 1. The highest BCUT2D eigenvalue weighted by Gasteiger charge is 2.19. The number of hydrogen-bond acceptors (Lipinski definition) is 5. The molecule has 3 heterocycles. The van der Waals surface area contributed by atoms with Gasteiger partial charge in [0.25, 0.3) is 5.91 Å². The predicted molar refractivity (Wildman–Crippen MR) is 102 cm³/mol. The fraction of sp³-hybridized carbons (Fsp3) is 0.389. The second-order valence-corrected chi connectivity index (χ2v) is 7.81. The number of aromatic nitrogens is 3. The van der Waals surface area contributed by atoms with Crippen LogP contribution in [-0.2, 0) is 0 Å². The number of carbonyl (C=O) groups excluding carboxylic acids is 1. The van der Waals surface area contributed by atoms with Crippen molar-refractivity contribution in [3.05, 3.63) is 33.6 Å². The Balaban J connectivity index is 2.22. The maximum atomic E-state index is 12.6. The van der Waals surface area contributed by atoms with Gasteiger partial charge >= 0.3 is 0 Å². The molecule has 0 aromatic carbocycles. The fourth-order valence-corrected chi connectivity index (χ4v) is 3.82. The number of amides is 1. The smallest absolute Gasteiger partial charge is 0.252 e. The van der Waals surface area contributed by atoms with Crippen molar-refractivity contribution in [2.75, 3.05) is 13.1 Å². The SMILES string of the molecule is Cc1cc(-c2cc(C(=O)NCCN)c3cnn(C(C)C)c3n2)c(C)s1. The molecule has 0 aliphatic carbocycles. The van der Waals surface area contributed by atoms with Gasteiger partial charge in [0.15, 0.2) is 5.65 Å². The lowest BCUT2D eigenvalue weighted by molar-refractivity contribution is 0.0956. The number of nitrogens with zero attached hydrogens (tertiary/aromatic N) is 3. The van der Waals surface area contributed by atoms with Crippen molar-refractivity contribution in [2.45, 2.75) is 33.7 Å². The summed E-state index contributed by atoms with van der Waals surface area (Å²) in [6.45, 7) is 9.09. The van der Waals surface area contributed by atoms with Crippen molar-refractivity contribution < 1.29 is 4.79 Å².